The van der Waals surface area contributed by atoms with E-state index in [0.29, 0.717) is 5.56 Å². The summed E-state index contributed by atoms with van der Waals surface area (Å²) < 4.78 is 10.9. The van der Waals surface area contributed by atoms with Crippen LogP contribution in [-0.4, -0.2) is 64.6 Å². The van der Waals surface area contributed by atoms with Gasteiger partial charge in [0.1, 0.15) is 17.2 Å². The van der Waals surface area contributed by atoms with E-state index in [2.05, 4.69) is 0 Å². The van der Waals surface area contributed by atoms with E-state index in [1.165, 1.54) is 9.80 Å². The Morgan fingerprint density at radius 1 is 0.931 bits per heavy atom. The standard InChI is InChI=1S/C22H32N2O5/c1-15-9-8-10-16(13-15)18(25)17-14-23(19(26)28-21(2,3)4)11-12-24(17)20(27)29-22(5,6)7/h8-10,13,17H,11-12,14H2,1-7H3/t17-/m1/s1. The summed E-state index contributed by atoms with van der Waals surface area (Å²) in [5, 5.41) is 0. The van der Waals surface area contributed by atoms with Gasteiger partial charge in [0.2, 0.25) is 0 Å². The lowest BCUT2D eigenvalue weighted by molar-refractivity contribution is -0.0120. The summed E-state index contributed by atoms with van der Waals surface area (Å²) in [6, 6.07) is 6.36. The molecule has 0 N–H and O–H groups in total. The number of aryl methyl sites for hydroxylation is 1. The average Bonchev–Trinajstić information content (AvgIpc) is 2.57. The van der Waals surface area contributed by atoms with E-state index in [1.54, 1.807) is 59.7 Å². The van der Waals surface area contributed by atoms with Crippen LogP contribution in [-0.2, 0) is 9.47 Å². The number of nitrogens with zero attached hydrogens (tertiary/aromatic N) is 2. The van der Waals surface area contributed by atoms with Crippen molar-refractivity contribution in [2.45, 2.75) is 65.7 Å². The molecule has 2 rings (SSSR count). The lowest BCUT2D eigenvalue weighted by atomic mass is 9.99. The summed E-state index contributed by atoms with van der Waals surface area (Å²) >= 11 is 0. The zero-order valence-corrected chi connectivity index (χ0v) is 18.4. The van der Waals surface area contributed by atoms with Crippen molar-refractivity contribution in [3.8, 4) is 0 Å². The van der Waals surface area contributed by atoms with Crippen molar-refractivity contribution in [1.82, 2.24) is 9.80 Å². The van der Waals surface area contributed by atoms with Crippen LogP contribution in [0.2, 0.25) is 0 Å². The first-order chi connectivity index (χ1) is 13.3. The van der Waals surface area contributed by atoms with E-state index in [-0.39, 0.29) is 25.4 Å². The lowest BCUT2D eigenvalue weighted by Gasteiger charge is -2.41. The van der Waals surface area contributed by atoms with Crippen LogP contribution in [0.5, 0.6) is 0 Å². The van der Waals surface area contributed by atoms with Crippen LogP contribution >= 0.6 is 0 Å². The lowest BCUT2D eigenvalue weighted by Crippen LogP contribution is -2.60. The van der Waals surface area contributed by atoms with Gasteiger partial charge in [-0.1, -0.05) is 23.8 Å². The van der Waals surface area contributed by atoms with E-state index in [1.807, 2.05) is 13.0 Å². The second-order valence-electron chi connectivity index (χ2n) is 9.35. The quantitative estimate of drug-likeness (QED) is 0.696. The van der Waals surface area contributed by atoms with Gasteiger partial charge in [-0.2, -0.15) is 0 Å². The zero-order valence-electron chi connectivity index (χ0n) is 18.4. The van der Waals surface area contributed by atoms with Crippen LogP contribution in [0.25, 0.3) is 0 Å². The maximum absolute atomic E-state index is 13.3. The third-order valence-corrected chi connectivity index (χ3v) is 4.27. The molecule has 1 heterocycles. The molecule has 29 heavy (non-hydrogen) atoms. The van der Waals surface area contributed by atoms with E-state index in [9.17, 15) is 14.4 Å². The molecule has 7 nitrogen and oxygen atoms in total. The van der Waals surface area contributed by atoms with Gasteiger partial charge in [0.25, 0.3) is 0 Å². The molecule has 1 aromatic carbocycles. The Morgan fingerprint density at radius 3 is 2.07 bits per heavy atom. The van der Waals surface area contributed by atoms with Gasteiger partial charge in [-0.15, -0.1) is 0 Å². The molecule has 1 saturated heterocycles. The Labute approximate surface area is 172 Å². The summed E-state index contributed by atoms with van der Waals surface area (Å²) in [4.78, 5) is 41.4. The molecule has 160 valence electrons. The van der Waals surface area contributed by atoms with Crippen LogP contribution < -0.4 is 0 Å². The predicted octanol–water partition coefficient (Wildman–Crippen LogP) is 4.03. The topological polar surface area (TPSA) is 76.2 Å². The fourth-order valence-electron chi connectivity index (χ4n) is 3.03. The molecule has 0 radical (unpaired) electrons. The normalized spacial score (nSPS) is 17.7. The molecule has 1 aliphatic rings. The molecule has 0 unspecified atom stereocenters. The number of carbonyl (C=O) groups excluding carboxylic acids is 3. The van der Waals surface area contributed by atoms with Gasteiger partial charge in [0.15, 0.2) is 5.78 Å². The zero-order chi connectivity index (χ0) is 22.0. The van der Waals surface area contributed by atoms with Crippen molar-refractivity contribution in [2.75, 3.05) is 19.6 Å². The van der Waals surface area contributed by atoms with E-state index in [0.717, 1.165) is 5.56 Å². The highest BCUT2D eigenvalue weighted by Crippen LogP contribution is 2.21. The highest BCUT2D eigenvalue weighted by atomic mass is 16.6. The molecule has 1 fully saturated rings. The summed E-state index contributed by atoms with van der Waals surface area (Å²) in [5.41, 5.74) is 0.111. The Balaban J connectivity index is 2.29. The van der Waals surface area contributed by atoms with Crippen LogP contribution in [0.3, 0.4) is 0 Å². The Bertz CT molecular complexity index is 776. The number of hydrogen-bond acceptors (Lipinski definition) is 5. The third kappa shape index (κ3) is 6.48. The first-order valence-corrected chi connectivity index (χ1v) is 9.85. The molecule has 7 heteroatoms. The van der Waals surface area contributed by atoms with Gasteiger partial charge in [0.05, 0.1) is 6.54 Å². The molecule has 1 aliphatic heterocycles. The smallest absolute Gasteiger partial charge is 0.411 e. The molecule has 0 aliphatic carbocycles. The molecule has 1 aromatic rings. The molecular weight excluding hydrogens is 372 g/mol. The van der Waals surface area contributed by atoms with Crippen molar-refractivity contribution >= 4 is 18.0 Å². The van der Waals surface area contributed by atoms with Gasteiger partial charge in [-0.25, -0.2) is 9.59 Å². The number of piperazine rings is 1. The van der Waals surface area contributed by atoms with Crippen molar-refractivity contribution in [2.24, 2.45) is 0 Å². The third-order valence-electron chi connectivity index (χ3n) is 4.27. The minimum Gasteiger partial charge on any atom is -0.444 e. The van der Waals surface area contributed by atoms with E-state index >= 15 is 0 Å². The molecule has 0 saturated carbocycles. The van der Waals surface area contributed by atoms with Crippen molar-refractivity contribution in [1.29, 1.82) is 0 Å². The number of ketones is 1. The highest BCUT2D eigenvalue weighted by molar-refractivity contribution is 6.02. The van der Waals surface area contributed by atoms with Crippen molar-refractivity contribution < 1.29 is 23.9 Å². The van der Waals surface area contributed by atoms with E-state index < -0.39 is 29.4 Å². The monoisotopic (exact) mass is 404 g/mol. The Hall–Kier alpha value is -2.57. The summed E-state index contributed by atoms with van der Waals surface area (Å²) in [7, 11) is 0. The Kier molecular flexibility index (Phi) is 6.60. The number of hydrogen-bond donors (Lipinski definition) is 0. The largest absolute Gasteiger partial charge is 0.444 e. The fourth-order valence-corrected chi connectivity index (χ4v) is 3.03. The van der Waals surface area contributed by atoms with Crippen molar-refractivity contribution in [3.05, 3.63) is 35.4 Å². The maximum atomic E-state index is 13.3. The number of amides is 2. The molecular formula is C22H32N2O5. The highest BCUT2D eigenvalue weighted by Gasteiger charge is 2.40. The number of ether oxygens (including phenoxy) is 2. The second kappa shape index (κ2) is 8.43. The summed E-state index contributed by atoms with van der Waals surface area (Å²) in [5.74, 6) is -0.229. The fraction of sp³-hybridized carbons (Fsp3) is 0.591. The summed E-state index contributed by atoms with van der Waals surface area (Å²) in [6.45, 7) is 13.1. The molecule has 0 bridgehead atoms. The van der Waals surface area contributed by atoms with Gasteiger partial charge >= 0.3 is 12.2 Å². The number of carbonyl (C=O) groups is 3. The molecule has 1 atom stereocenters. The molecule has 0 aromatic heterocycles. The first-order valence-electron chi connectivity index (χ1n) is 9.85. The predicted molar refractivity (Wildman–Crippen MR) is 110 cm³/mol. The molecule has 0 spiro atoms. The van der Waals surface area contributed by atoms with Crippen LogP contribution in [0, 0.1) is 6.92 Å². The van der Waals surface area contributed by atoms with Gasteiger partial charge < -0.3 is 14.4 Å². The van der Waals surface area contributed by atoms with Gasteiger partial charge in [-0.3, -0.25) is 9.69 Å². The number of benzene rings is 1. The maximum Gasteiger partial charge on any atom is 0.411 e. The second-order valence-corrected chi connectivity index (χ2v) is 9.35. The average molecular weight is 405 g/mol. The van der Waals surface area contributed by atoms with Crippen molar-refractivity contribution in [3.63, 3.8) is 0 Å². The van der Waals surface area contributed by atoms with Crippen LogP contribution in [0.4, 0.5) is 9.59 Å². The minimum absolute atomic E-state index is 0.0565. The van der Waals surface area contributed by atoms with Gasteiger partial charge in [0, 0.05) is 18.7 Å². The summed E-state index contributed by atoms with van der Waals surface area (Å²) in [6.07, 6.45) is -1.06. The minimum atomic E-state index is -0.840. The number of Topliss-reactive ketones (excluding diaryl/α,β-unsaturated/α-hetero) is 1. The van der Waals surface area contributed by atoms with E-state index in [4.69, 9.17) is 9.47 Å². The number of rotatable bonds is 2. The van der Waals surface area contributed by atoms with Crippen LogP contribution in [0.15, 0.2) is 24.3 Å². The van der Waals surface area contributed by atoms with Gasteiger partial charge in [-0.05, 0) is 54.5 Å². The molecule has 2 amide bonds. The Morgan fingerprint density at radius 2 is 1.52 bits per heavy atom. The first kappa shape index (κ1) is 22.7. The van der Waals surface area contributed by atoms with Crippen LogP contribution in [0.1, 0.15) is 57.5 Å². The SMILES string of the molecule is Cc1cccc(C(=O)[C@H]2CN(C(=O)OC(C)(C)C)CCN2C(=O)OC(C)(C)C)c1.